The molecule has 3 aromatic heterocycles. The van der Waals surface area contributed by atoms with Crippen LogP contribution in [-0.2, 0) is 4.79 Å². The molecule has 0 spiro atoms. The summed E-state index contributed by atoms with van der Waals surface area (Å²) >= 11 is 2.88. The molecular weight excluding hydrogens is 411 g/mol. The highest BCUT2D eigenvalue weighted by Crippen LogP contribution is 2.32. The number of hydrogen-bond donors (Lipinski definition) is 1. The number of anilines is 2. The van der Waals surface area contributed by atoms with Gasteiger partial charge in [-0.25, -0.2) is 14.4 Å². The summed E-state index contributed by atoms with van der Waals surface area (Å²) in [4.78, 5) is 23.8. The van der Waals surface area contributed by atoms with E-state index in [2.05, 4.69) is 20.2 Å². The van der Waals surface area contributed by atoms with Crippen molar-refractivity contribution in [1.29, 1.82) is 0 Å². The number of thiazole rings is 2. The predicted molar refractivity (Wildman–Crippen MR) is 113 cm³/mol. The van der Waals surface area contributed by atoms with Crippen molar-refractivity contribution in [2.24, 2.45) is 5.92 Å². The predicted octanol–water partition coefficient (Wildman–Crippen LogP) is 5.01. The number of amides is 1. The maximum atomic E-state index is 13.4. The van der Waals surface area contributed by atoms with Crippen molar-refractivity contribution in [2.45, 2.75) is 12.8 Å². The molecule has 1 N–H and O–H groups in total. The van der Waals surface area contributed by atoms with Crippen molar-refractivity contribution in [2.75, 3.05) is 23.3 Å². The molecular formula is C20H17FN4O2S2. The smallest absolute Gasteiger partial charge is 0.229 e. The molecule has 0 aliphatic carbocycles. The van der Waals surface area contributed by atoms with Crippen LogP contribution in [0.3, 0.4) is 0 Å². The van der Waals surface area contributed by atoms with Crippen molar-refractivity contribution in [1.82, 2.24) is 9.97 Å². The summed E-state index contributed by atoms with van der Waals surface area (Å²) in [5.74, 6) is 0.372. The average molecular weight is 429 g/mol. The van der Waals surface area contributed by atoms with Crippen molar-refractivity contribution in [3.05, 3.63) is 47.8 Å². The molecule has 1 aliphatic heterocycles. The minimum Gasteiger partial charge on any atom is -0.463 e. The summed E-state index contributed by atoms with van der Waals surface area (Å²) in [6.45, 7) is 1.49. The number of hydrogen-bond acceptors (Lipinski definition) is 7. The van der Waals surface area contributed by atoms with Gasteiger partial charge in [0.1, 0.15) is 11.5 Å². The third-order valence-corrected chi connectivity index (χ3v) is 6.82. The minimum atomic E-state index is -0.250. The fourth-order valence-corrected chi connectivity index (χ4v) is 5.18. The minimum absolute atomic E-state index is 0.00336. The van der Waals surface area contributed by atoms with Crippen LogP contribution in [0.5, 0.6) is 0 Å². The van der Waals surface area contributed by atoms with Crippen LogP contribution in [0.2, 0.25) is 0 Å². The Balaban J connectivity index is 1.20. The van der Waals surface area contributed by atoms with Gasteiger partial charge in [-0.2, -0.15) is 0 Å². The van der Waals surface area contributed by atoms with Crippen molar-refractivity contribution in [3.63, 3.8) is 0 Å². The molecule has 0 radical (unpaired) electrons. The number of rotatable bonds is 4. The summed E-state index contributed by atoms with van der Waals surface area (Å²) in [7, 11) is 0. The Hall–Kier alpha value is -2.78. The highest BCUT2D eigenvalue weighted by molar-refractivity contribution is 7.22. The highest BCUT2D eigenvalue weighted by atomic mass is 32.1. The molecule has 4 aromatic rings. The normalized spacial score (nSPS) is 15.1. The lowest BCUT2D eigenvalue weighted by molar-refractivity contribution is -0.120. The molecule has 1 saturated heterocycles. The fraction of sp³-hybridized carbons (Fsp3) is 0.250. The summed E-state index contributed by atoms with van der Waals surface area (Å²) in [6, 6.07) is 8.30. The standard InChI is InChI=1S/C20H17FN4O2S2/c21-13-3-4-14-17(10-13)29-20(23-14)25-7-5-12(6-8-25)18(26)24-19-22-15(11-28-19)16-2-1-9-27-16/h1-4,9-12H,5-8H2,(H,22,24,26). The van der Waals surface area contributed by atoms with E-state index >= 15 is 0 Å². The van der Waals surface area contributed by atoms with Gasteiger partial charge in [-0.15, -0.1) is 11.3 Å². The van der Waals surface area contributed by atoms with Crippen LogP contribution in [-0.4, -0.2) is 29.0 Å². The zero-order valence-corrected chi connectivity index (χ0v) is 16.9. The molecule has 6 nitrogen and oxygen atoms in total. The monoisotopic (exact) mass is 428 g/mol. The Morgan fingerprint density at radius 1 is 1.24 bits per heavy atom. The number of aromatic nitrogens is 2. The van der Waals surface area contributed by atoms with E-state index in [-0.39, 0.29) is 17.6 Å². The van der Waals surface area contributed by atoms with Gasteiger partial charge < -0.3 is 14.6 Å². The third kappa shape index (κ3) is 3.75. The van der Waals surface area contributed by atoms with Crippen LogP contribution in [0, 0.1) is 11.7 Å². The number of nitrogens with one attached hydrogen (secondary N) is 1. The van der Waals surface area contributed by atoms with E-state index in [9.17, 15) is 9.18 Å². The van der Waals surface area contributed by atoms with Gasteiger partial charge in [0.15, 0.2) is 16.0 Å². The SMILES string of the molecule is O=C(Nc1nc(-c2ccco2)cs1)C1CCN(c2nc3ccc(F)cc3s2)CC1. The van der Waals surface area contributed by atoms with Gasteiger partial charge in [0.25, 0.3) is 0 Å². The average Bonchev–Trinajstić information content (AvgIpc) is 3.48. The number of carbonyl (C=O) groups is 1. The van der Waals surface area contributed by atoms with Gasteiger partial charge in [0, 0.05) is 24.4 Å². The number of benzene rings is 1. The van der Waals surface area contributed by atoms with Crippen molar-refractivity contribution < 1.29 is 13.6 Å². The zero-order chi connectivity index (χ0) is 19.8. The second-order valence-corrected chi connectivity index (χ2v) is 8.74. The Morgan fingerprint density at radius 3 is 2.90 bits per heavy atom. The van der Waals surface area contributed by atoms with E-state index in [0.29, 0.717) is 10.9 Å². The first kappa shape index (κ1) is 18.3. The molecule has 0 atom stereocenters. The largest absolute Gasteiger partial charge is 0.463 e. The summed E-state index contributed by atoms with van der Waals surface area (Å²) < 4.78 is 19.6. The maximum absolute atomic E-state index is 13.4. The second-order valence-electron chi connectivity index (χ2n) is 6.87. The summed E-state index contributed by atoms with van der Waals surface area (Å²) in [5, 5.41) is 6.26. The van der Waals surface area contributed by atoms with Gasteiger partial charge in [-0.05, 0) is 43.2 Å². The molecule has 4 heterocycles. The molecule has 5 rings (SSSR count). The lowest BCUT2D eigenvalue weighted by Gasteiger charge is -2.30. The van der Waals surface area contributed by atoms with Crippen LogP contribution in [0.4, 0.5) is 14.7 Å². The number of piperidine rings is 1. The van der Waals surface area contributed by atoms with Crippen LogP contribution < -0.4 is 10.2 Å². The van der Waals surface area contributed by atoms with Crippen molar-refractivity contribution >= 4 is 49.1 Å². The Labute approximate surface area is 174 Å². The highest BCUT2D eigenvalue weighted by Gasteiger charge is 2.27. The molecule has 148 valence electrons. The molecule has 9 heteroatoms. The fourth-order valence-electron chi connectivity index (χ4n) is 3.43. The molecule has 0 unspecified atom stereocenters. The number of fused-ring (bicyclic) bond motifs is 1. The number of nitrogens with zero attached hydrogens (tertiary/aromatic N) is 3. The van der Waals surface area contributed by atoms with Gasteiger partial charge in [-0.3, -0.25) is 4.79 Å². The summed E-state index contributed by atoms with van der Waals surface area (Å²) in [6.07, 6.45) is 3.09. The Morgan fingerprint density at radius 2 is 2.10 bits per heavy atom. The molecule has 0 saturated carbocycles. The second kappa shape index (κ2) is 7.57. The molecule has 29 heavy (non-hydrogen) atoms. The van der Waals surface area contributed by atoms with Gasteiger partial charge in [0.05, 0.1) is 16.5 Å². The number of halogens is 1. The van der Waals surface area contributed by atoms with Crippen LogP contribution in [0.25, 0.3) is 21.7 Å². The van der Waals surface area contributed by atoms with Crippen LogP contribution in [0.15, 0.2) is 46.4 Å². The molecule has 0 bridgehead atoms. The van der Waals surface area contributed by atoms with E-state index in [1.807, 2.05) is 17.5 Å². The van der Waals surface area contributed by atoms with E-state index in [0.717, 1.165) is 47.0 Å². The third-order valence-electron chi connectivity index (χ3n) is 4.98. The van der Waals surface area contributed by atoms with E-state index in [1.54, 1.807) is 12.3 Å². The van der Waals surface area contributed by atoms with E-state index < -0.39 is 0 Å². The maximum Gasteiger partial charge on any atom is 0.229 e. The first-order valence-electron chi connectivity index (χ1n) is 9.27. The Bertz CT molecular complexity index is 1150. The first-order chi connectivity index (χ1) is 14.2. The zero-order valence-electron chi connectivity index (χ0n) is 15.3. The lowest BCUT2D eigenvalue weighted by atomic mass is 9.96. The van der Waals surface area contributed by atoms with Crippen LogP contribution >= 0.6 is 22.7 Å². The van der Waals surface area contributed by atoms with Gasteiger partial charge in [-0.1, -0.05) is 11.3 Å². The van der Waals surface area contributed by atoms with Gasteiger partial charge >= 0.3 is 0 Å². The summed E-state index contributed by atoms with van der Waals surface area (Å²) in [5.41, 5.74) is 1.53. The van der Waals surface area contributed by atoms with E-state index in [1.165, 1.54) is 34.8 Å². The topological polar surface area (TPSA) is 71.3 Å². The number of carbonyl (C=O) groups excluding carboxylic acids is 1. The van der Waals surface area contributed by atoms with Gasteiger partial charge in [0.2, 0.25) is 5.91 Å². The molecule has 1 amide bonds. The lowest BCUT2D eigenvalue weighted by Crippen LogP contribution is -2.38. The number of furan rings is 1. The Kier molecular flexibility index (Phi) is 4.76. The van der Waals surface area contributed by atoms with E-state index in [4.69, 9.17) is 4.42 Å². The quantitative estimate of drug-likeness (QED) is 0.495. The molecule has 1 fully saturated rings. The van der Waals surface area contributed by atoms with Crippen molar-refractivity contribution in [3.8, 4) is 11.5 Å². The molecule has 1 aliphatic rings. The first-order valence-corrected chi connectivity index (χ1v) is 11.0. The molecule has 1 aromatic carbocycles. The van der Waals surface area contributed by atoms with Crippen LogP contribution in [0.1, 0.15) is 12.8 Å².